The molecular weight excluding hydrogens is 206 g/mol. The maximum Gasteiger partial charge on any atom is 0.162 e. The van der Waals surface area contributed by atoms with Gasteiger partial charge < -0.3 is 14.6 Å². The molecule has 0 saturated heterocycles. The standard InChI is InChI=1S/C12H15NO3/c1-5-10(14)8-6-11(15-3)12(16-4)7-9(8)13-2/h5-7,14H,2H2,1,3-4H3/b10-5+. The van der Waals surface area contributed by atoms with Gasteiger partial charge in [-0.25, -0.2) is 0 Å². The van der Waals surface area contributed by atoms with Gasteiger partial charge in [0.25, 0.3) is 0 Å². The summed E-state index contributed by atoms with van der Waals surface area (Å²) in [6, 6.07) is 3.33. The predicted octanol–water partition coefficient (Wildman–Crippen LogP) is 2.95. The number of aliphatic hydroxyl groups is 1. The summed E-state index contributed by atoms with van der Waals surface area (Å²) in [5.41, 5.74) is 1.11. The lowest BCUT2D eigenvalue weighted by atomic mass is 10.1. The topological polar surface area (TPSA) is 51.0 Å². The summed E-state index contributed by atoms with van der Waals surface area (Å²) in [7, 11) is 3.08. The highest BCUT2D eigenvalue weighted by Gasteiger charge is 2.12. The summed E-state index contributed by atoms with van der Waals surface area (Å²) in [6.45, 7) is 5.19. The second-order valence-corrected chi connectivity index (χ2v) is 3.06. The van der Waals surface area contributed by atoms with Crippen molar-refractivity contribution in [2.75, 3.05) is 14.2 Å². The normalized spacial score (nSPS) is 11.1. The molecule has 1 aromatic carbocycles. The summed E-state index contributed by atoms with van der Waals surface area (Å²) in [5.74, 6) is 1.22. The maximum absolute atomic E-state index is 9.70. The van der Waals surface area contributed by atoms with Crippen LogP contribution in [-0.4, -0.2) is 26.0 Å². The molecule has 0 radical (unpaired) electrons. The first-order valence-corrected chi connectivity index (χ1v) is 4.76. The third kappa shape index (κ3) is 2.16. The van der Waals surface area contributed by atoms with Crippen LogP contribution in [0.5, 0.6) is 11.5 Å². The molecule has 4 nitrogen and oxygen atoms in total. The second kappa shape index (κ2) is 5.21. The maximum atomic E-state index is 9.70. The number of benzene rings is 1. The molecule has 1 N–H and O–H groups in total. The van der Waals surface area contributed by atoms with Crippen LogP contribution in [0.2, 0.25) is 0 Å². The van der Waals surface area contributed by atoms with E-state index in [9.17, 15) is 5.11 Å². The Kier molecular flexibility index (Phi) is 3.94. The number of nitrogens with zero attached hydrogens (tertiary/aromatic N) is 1. The van der Waals surface area contributed by atoms with E-state index in [4.69, 9.17) is 9.47 Å². The van der Waals surface area contributed by atoms with Gasteiger partial charge in [-0.05, 0) is 25.8 Å². The van der Waals surface area contributed by atoms with Crippen molar-refractivity contribution in [3.8, 4) is 11.5 Å². The van der Waals surface area contributed by atoms with Gasteiger partial charge >= 0.3 is 0 Å². The van der Waals surface area contributed by atoms with Crippen molar-refractivity contribution in [2.45, 2.75) is 6.92 Å². The lowest BCUT2D eigenvalue weighted by molar-refractivity contribution is 0.354. The Balaban J connectivity index is 3.43. The molecule has 0 bridgehead atoms. The second-order valence-electron chi connectivity index (χ2n) is 3.06. The van der Waals surface area contributed by atoms with E-state index in [1.807, 2.05) is 0 Å². The largest absolute Gasteiger partial charge is 0.508 e. The fourth-order valence-electron chi connectivity index (χ4n) is 1.36. The molecule has 16 heavy (non-hydrogen) atoms. The number of allylic oxidation sites excluding steroid dienone is 1. The van der Waals surface area contributed by atoms with Crippen molar-refractivity contribution in [1.29, 1.82) is 0 Å². The Morgan fingerprint density at radius 1 is 1.31 bits per heavy atom. The van der Waals surface area contributed by atoms with Crippen molar-refractivity contribution in [2.24, 2.45) is 4.99 Å². The molecule has 0 unspecified atom stereocenters. The van der Waals surface area contributed by atoms with Crippen LogP contribution in [0.4, 0.5) is 5.69 Å². The molecule has 0 aliphatic heterocycles. The summed E-state index contributed by atoms with van der Waals surface area (Å²) in [5, 5.41) is 9.70. The Hall–Kier alpha value is -1.97. The molecule has 1 aromatic rings. The fraction of sp³-hybridized carbons (Fsp3) is 0.250. The van der Waals surface area contributed by atoms with Gasteiger partial charge in [-0.1, -0.05) is 0 Å². The zero-order chi connectivity index (χ0) is 12.1. The van der Waals surface area contributed by atoms with E-state index >= 15 is 0 Å². The molecular formula is C12H15NO3. The molecule has 0 aliphatic rings. The molecule has 0 aromatic heterocycles. The van der Waals surface area contributed by atoms with Gasteiger partial charge in [0.15, 0.2) is 11.5 Å². The summed E-state index contributed by atoms with van der Waals surface area (Å²) in [6.07, 6.45) is 1.58. The van der Waals surface area contributed by atoms with E-state index in [1.54, 1.807) is 32.2 Å². The highest BCUT2D eigenvalue weighted by atomic mass is 16.5. The predicted molar refractivity (Wildman–Crippen MR) is 65.0 cm³/mol. The molecule has 0 fully saturated rings. The minimum atomic E-state index is 0.128. The molecule has 4 heteroatoms. The Morgan fingerprint density at radius 2 is 1.88 bits per heavy atom. The van der Waals surface area contributed by atoms with Crippen molar-refractivity contribution >= 4 is 18.2 Å². The number of aliphatic hydroxyl groups excluding tert-OH is 1. The Labute approximate surface area is 94.8 Å². The van der Waals surface area contributed by atoms with Crippen LogP contribution in [0, 0.1) is 0 Å². The Morgan fingerprint density at radius 3 is 2.31 bits per heavy atom. The van der Waals surface area contributed by atoms with E-state index < -0.39 is 0 Å². The number of hydrogen-bond acceptors (Lipinski definition) is 4. The Bertz CT molecular complexity index is 425. The molecule has 0 atom stereocenters. The average molecular weight is 221 g/mol. The van der Waals surface area contributed by atoms with Crippen molar-refractivity contribution in [1.82, 2.24) is 0 Å². The van der Waals surface area contributed by atoms with Crippen LogP contribution in [-0.2, 0) is 0 Å². The molecule has 0 aliphatic carbocycles. The first kappa shape index (κ1) is 12.1. The van der Waals surface area contributed by atoms with E-state index in [0.29, 0.717) is 22.7 Å². The van der Waals surface area contributed by atoms with Crippen LogP contribution >= 0.6 is 0 Å². The van der Waals surface area contributed by atoms with Gasteiger partial charge in [-0.15, -0.1) is 0 Å². The van der Waals surface area contributed by atoms with E-state index in [2.05, 4.69) is 11.7 Å². The third-order valence-corrected chi connectivity index (χ3v) is 2.22. The molecule has 0 heterocycles. The quantitative estimate of drug-likeness (QED) is 0.628. The van der Waals surface area contributed by atoms with E-state index in [1.165, 1.54) is 7.11 Å². The van der Waals surface area contributed by atoms with Crippen molar-refractivity contribution in [3.05, 3.63) is 23.8 Å². The summed E-state index contributed by atoms with van der Waals surface area (Å²) < 4.78 is 10.3. The number of methoxy groups -OCH3 is 2. The lowest BCUT2D eigenvalue weighted by Crippen LogP contribution is -1.93. The van der Waals surface area contributed by atoms with Crippen LogP contribution in [0.25, 0.3) is 5.76 Å². The molecule has 0 amide bonds. The smallest absolute Gasteiger partial charge is 0.162 e. The monoisotopic (exact) mass is 221 g/mol. The summed E-state index contributed by atoms with van der Waals surface area (Å²) in [4.78, 5) is 3.84. The number of hydrogen-bond donors (Lipinski definition) is 1. The number of ether oxygens (including phenoxy) is 2. The molecule has 86 valence electrons. The van der Waals surface area contributed by atoms with Crippen LogP contribution in [0.15, 0.2) is 23.2 Å². The van der Waals surface area contributed by atoms with Gasteiger partial charge in [0.05, 0.1) is 19.9 Å². The zero-order valence-corrected chi connectivity index (χ0v) is 9.65. The van der Waals surface area contributed by atoms with E-state index in [0.717, 1.165) is 0 Å². The highest BCUT2D eigenvalue weighted by Crippen LogP contribution is 2.37. The van der Waals surface area contributed by atoms with Gasteiger partial charge in [0.2, 0.25) is 0 Å². The number of rotatable bonds is 4. The lowest BCUT2D eigenvalue weighted by Gasteiger charge is -2.11. The van der Waals surface area contributed by atoms with Crippen LogP contribution in [0.3, 0.4) is 0 Å². The molecule has 0 saturated carbocycles. The van der Waals surface area contributed by atoms with Crippen molar-refractivity contribution < 1.29 is 14.6 Å². The first-order chi connectivity index (χ1) is 7.67. The van der Waals surface area contributed by atoms with Gasteiger partial charge in [0, 0.05) is 11.6 Å². The van der Waals surface area contributed by atoms with Crippen molar-refractivity contribution in [3.63, 3.8) is 0 Å². The average Bonchev–Trinajstić information content (AvgIpc) is 2.35. The molecule has 1 rings (SSSR count). The fourth-order valence-corrected chi connectivity index (χ4v) is 1.36. The highest BCUT2D eigenvalue weighted by molar-refractivity contribution is 5.74. The van der Waals surface area contributed by atoms with Gasteiger partial charge in [-0.2, -0.15) is 0 Å². The van der Waals surface area contributed by atoms with Crippen LogP contribution in [0.1, 0.15) is 12.5 Å². The summed E-state index contributed by atoms with van der Waals surface area (Å²) >= 11 is 0. The minimum Gasteiger partial charge on any atom is -0.508 e. The van der Waals surface area contributed by atoms with Gasteiger partial charge in [-0.3, -0.25) is 4.99 Å². The van der Waals surface area contributed by atoms with Crippen LogP contribution < -0.4 is 9.47 Å². The zero-order valence-electron chi connectivity index (χ0n) is 9.65. The third-order valence-electron chi connectivity index (χ3n) is 2.22. The molecule has 0 spiro atoms. The first-order valence-electron chi connectivity index (χ1n) is 4.76. The van der Waals surface area contributed by atoms with Gasteiger partial charge in [0.1, 0.15) is 5.76 Å². The van der Waals surface area contributed by atoms with E-state index in [-0.39, 0.29) is 5.76 Å². The SMILES string of the molecule is C=Nc1cc(OC)c(OC)cc1/C(O)=C\C. The minimum absolute atomic E-state index is 0.128. The number of aliphatic imine (C=N–C) groups is 1.